The molecule has 0 bridgehead atoms. The highest BCUT2D eigenvalue weighted by Gasteiger charge is 2.38. The number of ether oxygens (including phenoxy) is 2. The van der Waals surface area contributed by atoms with Gasteiger partial charge in [-0.05, 0) is 43.9 Å². The van der Waals surface area contributed by atoms with Crippen molar-refractivity contribution in [3.05, 3.63) is 28.7 Å². The third kappa shape index (κ3) is 4.21. The predicted octanol–water partition coefficient (Wildman–Crippen LogP) is 3.07. The number of hydrogen-bond donors (Lipinski definition) is 1. The third-order valence-corrected chi connectivity index (χ3v) is 3.94. The second kappa shape index (κ2) is 7.09. The molecule has 0 radical (unpaired) electrons. The Morgan fingerprint density at radius 1 is 1.25 bits per heavy atom. The lowest BCUT2D eigenvalue weighted by Crippen LogP contribution is -2.42. The molecule has 0 spiro atoms. The fourth-order valence-corrected chi connectivity index (χ4v) is 2.70. The number of hydrogen-bond acceptors (Lipinski definition) is 4. The molecular weight excluding hydrogens is 324 g/mol. The van der Waals surface area contributed by atoms with E-state index in [1.165, 1.54) is 0 Å². The van der Waals surface area contributed by atoms with Gasteiger partial charge in [-0.25, -0.2) is 4.79 Å². The van der Waals surface area contributed by atoms with Crippen LogP contribution < -0.4 is 4.74 Å². The summed E-state index contributed by atoms with van der Waals surface area (Å²) in [6, 6.07) is 7.46. The average molecular weight is 343 g/mol. The maximum atomic E-state index is 11.9. The summed E-state index contributed by atoms with van der Waals surface area (Å²) in [4.78, 5) is 11.9. The number of halogens is 1. The van der Waals surface area contributed by atoms with Crippen LogP contribution in [0.3, 0.4) is 0 Å². The van der Waals surface area contributed by atoms with Gasteiger partial charge in [-0.3, -0.25) is 0 Å². The molecule has 0 unspecified atom stereocenters. The van der Waals surface area contributed by atoms with Crippen molar-refractivity contribution in [2.75, 3.05) is 13.2 Å². The minimum Gasteiger partial charge on any atom is -0.490 e. The minimum atomic E-state index is -1.28. The smallest absolute Gasteiger partial charge is 0.338 e. The van der Waals surface area contributed by atoms with Gasteiger partial charge in [0.2, 0.25) is 0 Å². The summed E-state index contributed by atoms with van der Waals surface area (Å²) in [6.45, 7) is 0.423. The van der Waals surface area contributed by atoms with Crippen LogP contribution in [-0.2, 0) is 9.53 Å². The van der Waals surface area contributed by atoms with E-state index in [2.05, 4.69) is 15.9 Å². The highest BCUT2D eigenvalue weighted by atomic mass is 79.9. The fraction of sp³-hybridized carbons (Fsp3) is 0.533. The van der Waals surface area contributed by atoms with Crippen molar-refractivity contribution in [3.63, 3.8) is 0 Å². The zero-order valence-corrected chi connectivity index (χ0v) is 12.9. The molecule has 1 aromatic carbocycles. The van der Waals surface area contributed by atoms with Crippen molar-refractivity contribution in [3.8, 4) is 5.75 Å². The maximum absolute atomic E-state index is 11.9. The number of carbonyl (C=O) groups is 1. The molecule has 1 saturated carbocycles. The van der Waals surface area contributed by atoms with Gasteiger partial charge in [-0.1, -0.05) is 28.4 Å². The van der Waals surface area contributed by atoms with Crippen LogP contribution in [0.15, 0.2) is 28.7 Å². The number of benzene rings is 1. The largest absolute Gasteiger partial charge is 0.490 e. The number of carbonyl (C=O) groups excluding carboxylic acids is 1. The minimum absolute atomic E-state index is 0.146. The van der Waals surface area contributed by atoms with Crippen LogP contribution in [-0.4, -0.2) is 29.9 Å². The lowest BCUT2D eigenvalue weighted by Gasteiger charge is -2.29. The van der Waals surface area contributed by atoms with Crippen LogP contribution in [0, 0.1) is 0 Å². The Labute approximate surface area is 127 Å². The molecule has 0 aliphatic heterocycles. The van der Waals surface area contributed by atoms with E-state index in [-0.39, 0.29) is 13.2 Å². The van der Waals surface area contributed by atoms with Crippen molar-refractivity contribution in [1.29, 1.82) is 0 Å². The van der Waals surface area contributed by atoms with Crippen LogP contribution >= 0.6 is 15.9 Å². The highest BCUT2D eigenvalue weighted by Crippen LogP contribution is 2.29. The van der Waals surface area contributed by atoms with Gasteiger partial charge in [0.25, 0.3) is 0 Å². The Kier molecular flexibility index (Phi) is 5.43. The van der Waals surface area contributed by atoms with Gasteiger partial charge in [0.1, 0.15) is 19.0 Å². The molecule has 5 heteroatoms. The van der Waals surface area contributed by atoms with Crippen molar-refractivity contribution < 1.29 is 19.4 Å². The van der Waals surface area contributed by atoms with Crippen LogP contribution in [0.5, 0.6) is 5.75 Å². The molecule has 0 heterocycles. The van der Waals surface area contributed by atoms with Crippen molar-refractivity contribution >= 4 is 21.9 Å². The summed E-state index contributed by atoms with van der Waals surface area (Å²) in [7, 11) is 0. The van der Waals surface area contributed by atoms with E-state index >= 15 is 0 Å². The Balaban J connectivity index is 1.71. The van der Waals surface area contributed by atoms with Gasteiger partial charge in [0.05, 0.1) is 0 Å². The highest BCUT2D eigenvalue weighted by molar-refractivity contribution is 9.10. The molecule has 1 N–H and O–H groups in total. The first-order chi connectivity index (χ1) is 9.60. The van der Waals surface area contributed by atoms with Gasteiger partial charge in [0, 0.05) is 4.47 Å². The molecule has 20 heavy (non-hydrogen) atoms. The van der Waals surface area contributed by atoms with Crippen molar-refractivity contribution in [1.82, 2.24) is 0 Å². The van der Waals surface area contributed by atoms with E-state index in [9.17, 15) is 9.90 Å². The Morgan fingerprint density at radius 3 is 2.70 bits per heavy atom. The summed E-state index contributed by atoms with van der Waals surface area (Å²) in [5, 5.41) is 10.2. The first kappa shape index (κ1) is 15.3. The summed E-state index contributed by atoms with van der Waals surface area (Å²) >= 11 is 3.36. The summed E-state index contributed by atoms with van der Waals surface area (Å²) in [6.07, 6.45) is 3.82. The van der Waals surface area contributed by atoms with E-state index in [1.807, 2.05) is 24.3 Å². The van der Waals surface area contributed by atoms with E-state index in [4.69, 9.17) is 9.47 Å². The lowest BCUT2D eigenvalue weighted by molar-refractivity contribution is -0.169. The van der Waals surface area contributed by atoms with Gasteiger partial charge >= 0.3 is 5.97 Å². The second-order valence-corrected chi connectivity index (χ2v) is 5.95. The van der Waals surface area contributed by atoms with Crippen LogP contribution in [0.1, 0.15) is 32.1 Å². The first-order valence-electron chi connectivity index (χ1n) is 6.88. The number of aliphatic hydroxyl groups is 1. The lowest BCUT2D eigenvalue weighted by atomic mass is 9.85. The van der Waals surface area contributed by atoms with Crippen molar-refractivity contribution in [2.24, 2.45) is 0 Å². The molecule has 0 amide bonds. The fourth-order valence-electron chi connectivity index (χ4n) is 2.33. The standard InChI is InChI=1S/C15H19BrO4/c16-12-5-4-6-13(11-12)19-9-10-20-14(17)15(18)7-2-1-3-8-15/h4-6,11,18H,1-3,7-10H2. The van der Waals surface area contributed by atoms with Gasteiger partial charge in [-0.15, -0.1) is 0 Å². The molecule has 2 rings (SSSR count). The van der Waals surface area contributed by atoms with Crippen LogP contribution in [0.4, 0.5) is 0 Å². The van der Waals surface area contributed by atoms with E-state index < -0.39 is 11.6 Å². The van der Waals surface area contributed by atoms with Crippen LogP contribution in [0.25, 0.3) is 0 Å². The monoisotopic (exact) mass is 342 g/mol. The Hall–Kier alpha value is -1.07. The molecule has 0 saturated heterocycles. The zero-order valence-electron chi connectivity index (χ0n) is 11.3. The molecule has 110 valence electrons. The van der Waals surface area contributed by atoms with Crippen LogP contribution in [0.2, 0.25) is 0 Å². The molecule has 4 nitrogen and oxygen atoms in total. The van der Waals surface area contributed by atoms with Gasteiger partial charge in [0.15, 0.2) is 5.60 Å². The maximum Gasteiger partial charge on any atom is 0.338 e. The summed E-state index contributed by atoms with van der Waals surface area (Å²) < 4.78 is 11.5. The Bertz CT molecular complexity index is 455. The zero-order chi connectivity index (χ0) is 14.4. The molecule has 1 fully saturated rings. The molecule has 1 aliphatic carbocycles. The normalized spacial score (nSPS) is 17.5. The topological polar surface area (TPSA) is 55.8 Å². The van der Waals surface area contributed by atoms with E-state index in [0.717, 1.165) is 23.7 Å². The van der Waals surface area contributed by atoms with Gasteiger partial charge < -0.3 is 14.6 Å². The molecular formula is C15H19BrO4. The van der Waals surface area contributed by atoms with Crippen molar-refractivity contribution in [2.45, 2.75) is 37.7 Å². The second-order valence-electron chi connectivity index (χ2n) is 5.03. The molecule has 1 aromatic rings. The molecule has 1 aliphatic rings. The SMILES string of the molecule is O=C(OCCOc1cccc(Br)c1)C1(O)CCCCC1. The number of rotatable bonds is 5. The van der Waals surface area contributed by atoms with E-state index in [0.29, 0.717) is 18.6 Å². The molecule has 0 aromatic heterocycles. The summed E-state index contributed by atoms with van der Waals surface area (Å²) in [5.74, 6) is 0.196. The average Bonchev–Trinajstić information content (AvgIpc) is 2.44. The van der Waals surface area contributed by atoms with Gasteiger partial charge in [-0.2, -0.15) is 0 Å². The quantitative estimate of drug-likeness (QED) is 0.659. The van der Waals surface area contributed by atoms with E-state index in [1.54, 1.807) is 0 Å². The first-order valence-corrected chi connectivity index (χ1v) is 7.67. The molecule has 0 atom stereocenters. The third-order valence-electron chi connectivity index (χ3n) is 3.44. The summed E-state index contributed by atoms with van der Waals surface area (Å²) in [5.41, 5.74) is -1.28. The Morgan fingerprint density at radius 2 is 2.00 bits per heavy atom. The number of esters is 1. The predicted molar refractivity (Wildman–Crippen MR) is 78.6 cm³/mol.